The molecule has 0 radical (unpaired) electrons. The van der Waals surface area contributed by atoms with Gasteiger partial charge in [-0.1, -0.05) is 15.9 Å². The van der Waals surface area contributed by atoms with Crippen LogP contribution in [0.3, 0.4) is 0 Å². The van der Waals surface area contributed by atoms with Crippen molar-refractivity contribution in [2.24, 2.45) is 0 Å². The van der Waals surface area contributed by atoms with E-state index >= 15 is 0 Å². The Balaban J connectivity index is 2.74. The van der Waals surface area contributed by atoms with Gasteiger partial charge in [-0.2, -0.15) is 0 Å². The van der Waals surface area contributed by atoms with E-state index in [1.165, 1.54) is 4.90 Å². The summed E-state index contributed by atoms with van der Waals surface area (Å²) in [5.41, 5.74) is 1.89. The number of likely N-dealkylation sites (N-methyl/N-ethyl adjacent to an activating group) is 1. The van der Waals surface area contributed by atoms with E-state index in [4.69, 9.17) is 9.47 Å². The molecule has 0 aliphatic rings. The highest BCUT2D eigenvalue weighted by molar-refractivity contribution is 9.10. The lowest BCUT2D eigenvalue weighted by atomic mass is 10.1. The standard InChI is InChI=1S/C16H22BrNO4/c1-6-21-14(19)9-18(5)16(20)12(4)22-15-10(2)7-13(17)8-11(15)3/h7-8,12H,6,9H2,1-5H3. The van der Waals surface area contributed by atoms with Gasteiger partial charge in [0.1, 0.15) is 12.3 Å². The highest BCUT2D eigenvalue weighted by Crippen LogP contribution is 2.28. The number of rotatable bonds is 6. The van der Waals surface area contributed by atoms with Gasteiger partial charge < -0.3 is 14.4 Å². The number of halogens is 1. The third-order valence-electron chi connectivity index (χ3n) is 3.12. The molecule has 1 aromatic rings. The van der Waals surface area contributed by atoms with Gasteiger partial charge in [0.25, 0.3) is 5.91 Å². The van der Waals surface area contributed by atoms with E-state index in [2.05, 4.69) is 15.9 Å². The molecule has 0 fully saturated rings. The molecule has 122 valence electrons. The summed E-state index contributed by atoms with van der Waals surface area (Å²) in [6.45, 7) is 7.46. The number of carbonyl (C=O) groups excluding carboxylic acids is 2. The second-order valence-electron chi connectivity index (χ2n) is 5.13. The molecule has 1 aromatic carbocycles. The number of nitrogens with zero attached hydrogens (tertiary/aromatic N) is 1. The van der Waals surface area contributed by atoms with Gasteiger partial charge in [-0.25, -0.2) is 0 Å². The second-order valence-corrected chi connectivity index (χ2v) is 6.04. The summed E-state index contributed by atoms with van der Waals surface area (Å²) in [6.07, 6.45) is -0.682. The van der Waals surface area contributed by atoms with Crippen LogP contribution < -0.4 is 4.74 Å². The normalized spacial score (nSPS) is 11.7. The van der Waals surface area contributed by atoms with Gasteiger partial charge in [-0.3, -0.25) is 9.59 Å². The number of ether oxygens (including phenoxy) is 2. The van der Waals surface area contributed by atoms with E-state index in [1.807, 2.05) is 26.0 Å². The van der Waals surface area contributed by atoms with Crippen LogP contribution in [0.15, 0.2) is 16.6 Å². The quantitative estimate of drug-likeness (QED) is 0.721. The van der Waals surface area contributed by atoms with Gasteiger partial charge in [0.15, 0.2) is 6.10 Å². The Hall–Kier alpha value is -1.56. The fourth-order valence-corrected chi connectivity index (χ4v) is 2.79. The minimum absolute atomic E-state index is 0.0846. The van der Waals surface area contributed by atoms with Crippen LogP contribution in [0.1, 0.15) is 25.0 Å². The number of hydrogen-bond acceptors (Lipinski definition) is 4. The molecular formula is C16H22BrNO4. The number of aryl methyl sites for hydroxylation is 2. The van der Waals surface area contributed by atoms with Crippen LogP contribution in [0.4, 0.5) is 0 Å². The smallest absolute Gasteiger partial charge is 0.325 e. The molecule has 0 N–H and O–H groups in total. The summed E-state index contributed by atoms with van der Waals surface area (Å²) >= 11 is 3.43. The van der Waals surface area contributed by atoms with Crippen molar-refractivity contribution >= 4 is 27.8 Å². The van der Waals surface area contributed by atoms with Crippen molar-refractivity contribution in [2.75, 3.05) is 20.2 Å². The van der Waals surface area contributed by atoms with Crippen LogP contribution in [0.2, 0.25) is 0 Å². The first-order chi connectivity index (χ1) is 10.3. The summed E-state index contributed by atoms with van der Waals surface area (Å²) < 4.78 is 11.6. The molecule has 1 unspecified atom stereocenters. The Morgan fingerprint density at radius 3 is 2.32 bits per heavy atom. The van der Waals surface area contributed by atoms with E-state index in [0.29, 0.717) is 12.4 Å². The zero-order valence-corrected chi connectivity index (χ0v) is 15.2. The number of amides is 1. The van der Waals surface area contributed by atoms with Crippen molar-refractivity contribution in [1.29, 1.82) is 0 Å². The highest BCUT2D eigenvalue weighted by Gasteiger charge is 2.22. The lowest BCUT2D eigenvalue weighted by molar-refractivity contribution is -0.150. The number of carbonyl (C=O) groups is 2. The zero-order chi connectivity index (χ0) is 16.9. The maximum atomic E-state index is 12.3. The van der Waals surface area contributed by atoms with E-state index < -0.39 is 12.1 Å². The fourth-order valence-electron chi connectivity index (χ4n) is 2.10. The van der Waals surface area contributed by atoms with Crippen molar-refractivity contribution in [3.63, 3.8) is 0 Å². The predicted octanol–water partition coefficient (Wildman–Crippen LogP) is 2.85. The largest absolute Gasteiger partial charge is 0.480 e. The van der Waals surface area contributed by atoms with Crippen LogP contribution >= 0.6 is 15.9 Å². The van der Waals surface area contributed by atoms with Crippen LogP contribution in [-0.4, -0.2) is 43.1 Å². The molecule has 0 heterocycles. The average Bonchev–Trinajstić information content (AvgIpc) is 2.41. The minimum Gasteiger partial charge on any atom is -0.480 e. The van der Waals surface area contributed by atoms with Crippen LogP contribution in [-0.2, 0) is 14.3 Å². The molecule has 0 aromatic heterocycles. The van der Waals surface area contributed by atoms with E-state index in [-0.39, 0.29) is 12.5 Å². The molecule has 0 bridgehead atoms. The van der Waals surface area contributed by atoms with Crippen molar-refractivity contribution in [3.8, 4) is 5.75 Å². The third kappa shape index (κ3) is 5.02. The second kappa shape index (κ2) is 8.17. The van der Waals surface area contributed by atoms with Gasteiger partial charge in [-0.15, -0.1) is 0 Å². The highest BCUT2D eigenvalue weighted by atomic mass is 79.9. The first-order valence-corrected chi connectivity index (χ1v) is 7.89. The van der Waals surface area contributed by atoms with E-state index in [1.54, 1.807) is 20.9 Å². The maximum absolute atomic E-state index is 12.3. The summed E-state index contributed by atoms with van der Waals surface area (Å²) in [5, 5.41) is 0. The molecule has 22 heavy (non-hydrogen) atoms. The molecule has 6 heteroatoms. The molecular weight excluding hydrogens is 350 g/mol. The van der Waals surface area contributed by atoms with E-state index in [9.17, 15) is 9.59 Å². The Bertz CT molecular complexity index is 536. The molecule has 1 rings (SSSR count). The monoisotopic (exact) mass is 371 g/mol. The lowest BCUT2D eigenvalue weighted by Crippen LogP contribution is -2.41. The number of hydrogen-bond donors (Lipinski definition) is 0. The van der Waals surface area contributed by atoms with Gasteiger partial charge in [-0.05, 0) is 51.0 Å². The van der Waals surface area contributed by atoms with Crippen LogP contribution in [0.25, 0.3) is 0 Å². The summed E-state index contributed by atoms with van der Waals surface area (Å²) in [5.74, 6) is -0.00934. The van der Waals surface area contributed by atoms with Gasteiger partial charge in [0, 0.05) is 11.5 Å². The Morgan fingerprint density at radius 1 is 1.27 bits per heavy atom. The third-order valence-corrected chi connectivity index (χ3v) is 3.57. The molecule has 1 amide bonds. The molecule has 0 spiro atoms. The molecule has 1 atom stereocenters. The SMILES string of the molecule is CCOC(=O)CN(C)C(=O)C(C)Oc1c(C)cc(Br)cc1C. The molecule has 0 aliphatic heterocycles. The Morgan fingerprint density at radius 2 is 1.82 bits per heavy atom. The van der Waals surface area contributed by atoms with Gasteiger partial charge in [0.2, 0.25) is 0 Å². The molecule has 0 saturated carbocycles. The topological polar surface area (TPSA) is 55.8 Å². The first-order valence-electron chi connectivity index (χ1n) is 7.10. The summed E-state index contributed by atoms with van der Waals surface area (Å²) in [7, 11) is 1.56. The average molecular weight is 372 g/mol. The van der Waals surface area contributed by atoms with Gasteiger partial charge >= 0.3 is 5.97 Å². The van der Waals surface area contributed by atoms with Crippen LogP contribution in [0, 0.1) is 13.8 Å². The van der Waals surface area contributed by atoms with E-state index in [0.717, 1.165) is 15.6 Å². The maximum Gasteiger partial charge on any atom is 0.325 e. The minimum atomic E-state index is -0.682. The zero-order valence-electron chi connectivity index (χ0n) is 13.6. The lowest BCUT2D eigenvalue weighted by Gasteiger charge is -2.23. The van der Waals surface area contributed by atoms with Crippen LogP contribution in [0.5, 0.6) is 5.75 Å². The van der Waals surface area contributed by atoms with Gasteiger partial charge in [0.05, 0.1) is 6.61 Å². The van der Waals surface area contributed by atoms with Crippen molar-refractivity contribution in [2.45, 2.75) is 33.8 Å². The summed E-state index contributed by atoms with van der Waals surface area (Å²) in [6, 6.07) is 3.86. The van der Waals surface area contributed by atoms with Crippen molar-refractivity contribution in [1.82, 2.24) is 4.90 Å². The fraction of sp³-hybridized carbons (Fsp3) is 0.500. The first kappa shape index (κ1) is 18.5. The molecule has 0 saturated heterocycles. The van der Waals surface area contributed by atoms with Crippen molar-refractivity contribution < 1.29 is 19.1 Å². The number of esters is 1. The summed E-state index contributed by atoms with van der Waals surface area (Å²) in [4.78, 5) is 25.0. The Kier molecular flexibility index (Phi) is 6.87. The number of benzene rings is 1. The predicted molar refractivity (Wildman–Crippen MR) is 88.0 cm³/mol. The Labute approximate surface area is 139 Å². The molecule has 5 nitrogen and oxygen atoms in total. The molecule has 0 aliphatic carbocycles. The van der Waals surface area contributed by atoms with Crippen molar-refractivity contribution in [3.05, 3.63) is 27.7 Å².